The third-order valence-corrected chi connectivity index (χ3v) is 1.80. The molecule has 0 bridgehead atoms. The van der Waals surface area contributed by atoms with Gasteiger partial charge in [0.1, 0.15) is 0 Å². The van der Waals surface area contributed by atoms with Gasteiger partial charge in [0.15, 0.2) is 0 Å². The van der Waals surface area contributed by atoms with Crippen LogP contribution < -0.4 is 0 Å². The number of aliphatic hydroxyl groups excluding tert-OH is 1. The Hall–Kier alpha value is -0.0800. The van der Waals surface area contributed by atoms with Gasteiger partial charge < -0.3 is 9.84 Å². The van der Waals surface area contributed by atoms with E-state index in [4.69, 9.17) is 4.74 Å². The molecule has 0 aromatic carbocycles. The molecule has 9 heavy (non-hydrogen) atoms. The molecule has 0 saturated heterocycles. The largest absolute Gasteiger partial charge is 0.390 e. The fourth-order valence-electron chi connectivity index (χ4n) is 1.31. The maximum absolute atomic E-state index is 9.20. The zero-order valence-corrected chi connectivity index (χ0v) is 5.84. The molecule has 1 saturated carbocycles. The zero-order valence-electron chi connectivity index (χ0n) is 5.84. The highest BCUT2D eigenvalue weighted by atomic mass is 16.5. The predicted molar refractivity (Wildman–Crippen MR) is 35.3 cm³/mol. The first-order valence-corrected chi connectivity index (χ1v) is 3.64. The first-order valence-electron chi connectivity index (χ1n) is 3.64. The quantitative estimate of drug-likeness (QED) is 0.602. The van der Waals surface area contributed by atoms with Gasteiger partial charge in [-0.25, -0.2) is 0 Å². The monoisotopic (exact) mass is 130 g/mol. The first-order chi connectivity index (χ1) is 4.34. The van der Waals surface area contributed by atoms with Crippen LogP contribution in [0.15, 0.2) is 0 Å². The maximum atomic E-state index is 9.20. The average Bonchev–Trinajstić information content (AvgIpc) is 2.18. The van der Waals surface area contributed by atoms with Gasteiger partial charge in [-0.3, -0.25) is 0 Å². The number of hydrogen-bond donors (Lipinski definition) is 1. The van der Waals surface area contributed by atoms with Crippen molar-refractivity contribution in [1.82, 2.24) is 0 Å². The van der Waals surface area contributed by atoms with Crippen molar-refractivity contribution in [3.63, 3.8) is 0 Å². The van der Waals surface area contributed by atoms with Crippen molar-refractivity contribution in [3.05, 3.63) is 0 Å². The second-order valence-corrected chi connectivity index (χ2v) is 2.49. The summed E-state index contributed by atoms with van der Waals surface area (Å²) in [5.74, 6) is 0. The molecule has 0 amide bonds. The lowest BCUT2D eigenvalue weighted by Gasteiger charge is -2.13. The van der Waals surface area contributed by atoms with Gasteiger partial charge in [-0.05, 0) is 26.2 Å². The van der Waals surface area contributed by atoms with Crippen LogP contribution in [0.2, 0.25) is 0 Å². The summed E-state index contributed by atoms with van der Waals surface area (Å²) in [6, 6.07) is 0. The summed E-state index contributed by atoms with van der Waals surface area (Å²) < 4.78 is 5.27. The Kier molecular flexibility index (Phi) is 2.49. The Bertz CT molecular complexity index is 83.0. The minimum Gasteiger partial charge on any atom is -0.390 e. The van der Waals surface area contributed by atoms with Crippen LogP contribution in [0.25, 0.3) is 0 Å². The average molecular weight is 130 g/mol. The van der Waals surface area contributed by atoms with E-state index in [0.717, 1.165) is 25.9 Å². The molecule has 1 N–H and O–H groups in total. The molecule has 1 fully saturated rings. The maximum Gasteiger partial charge on any atom is 0.0833 e. The van der Waals surface area contributed by atoms with Crippen LogP contribution in [0, 0.1) is 0 Å². The van der Waals surface area contributed by atoms with Crippen molar-refractivity contribution in [2.24, 2.45) is 0 Å². The van der Waals surface area contributed by atoms with E-state index in [1.807, 2.05) is 6.92 Å². The second-order valence-electron chi connectivity index (χ2n) is 2.49. The van der Waals surface area contributed by atoms with Crippen molar-refractivity contribution in [1.29, 1.82) is 0 Å². The number of hydrogen-bond acceptors (Lipinski definition) is 2. The van der Waals surface area contributed by atoms with Gasteiger partial charge in [-0.2, -0.15) is 0 Å². The normalized spacial score (nSPS) is 35.3. The minimum absolute atomic E-state index is 0.134. The molecule has 0 radical (unpaired) electrons. The van der Waals surface area contributed by atoms with Crippen molar-refractivity contribution < 1.29 is 9.84 Å². The standard InChI is InChI=1S/C7H14O2/c1-2-9-7-5-3-4-6(7)8/h6-8H,2-5H2,1H3/t6-,7-/m1/s1. The van der Waals surface area contributed by atoms with Crippen LogP contribution >= 0.6 is 0 Å². The van der Waals surface area contributed by atoms with E-state index in [1.165, 1.54) is 0 Å². The van der Waals surface area contributed by atoms with Crippen LogP contribution in [0.5, 0.6) is 0 Å². The predicted octanol–water partition coefficient (Wildman–Crippen LogP) is 0.936. The lowest BCUT2D eigenvalue weighted by molar-refractivity contribution is -0.0128. The molecule has 0 aromatic rings. The van der Waals surface area contributed by atoms with E-state index >= 15 is 0 Å². The second kappa shape index (κ2) is 3.18. The molecule has 1 rings (SSSR count). The molecule has 2 atom stereocenters. The van der Waals surface area contributed by atoms with Crippen LogP contribution in [0.1, 0.15) is 26.2 Å². The first kappa shape index (κ1) is 7.03. The lowest BCUT2D eigenvalue weighted by Crippen LogP contribution is -2.22. The molecule has 2 heteroatoms. The van der Waals surface area contributed by atoms with Crippen LogP contribution in [-0.4, -0.2) is 23.9 Å². The molecular formula is C7H14O2. The summed E-state index contributed by atoms with van der Waals surface area (Å²) in [6.45, 7) is 2.69. The molecule has 0 heterocycles. The summed E-state index contributed by atoms with van der Waals surface area (Å²) >= 11 is 0. The Morgan fingerprint density at radius 3 is 2.78 bits per heavy atom. The van der Waals surface area contributed by atoms with E-state index < -0.39 is 0 Å². The topological polar surface area (TPSA) is 29.5 Å². The van der Waals surface area contributed by atoms with Gasteiger partial charge >= 0.3 is 0 Å². The summed E-state index contributed by atoms with van der Waals surface area (Å²) in [6.07, 6.45) is 3.02. The molecular weight excluding hydrogens is 116 g/mol. The SMILES string of the molecule is CCO[C@@H]1CCC[C@H]1O. The fourth-order valence-corrected chi connectivity index (χ4v) is 1.31. The van der Waals surface area contributed by atoms with Crippen molar-refractivity contribution in [3.8, 4) is 0 Å². The molecule has 54 valence electrons. The fraction of sp³-hybridized carbons (Fsp3) is 1.00. The molecule has 0 unspecified atom stereocenters. The summed E-state index contributed by atoms with van der Waals surface area (Å²) in [4.78, 5) is 0. The van der Waals surface area contributed by atoms with Gasteiger partial charge in [0, 0.05) is 6.61 Å². The highest BCUT2D eigenvalue weighted by Gasteiger charge is 2.24. The van der Waals surface area contributed by atoms with E-state index in [2.05, 4.69) is 0 Å². The zero-order chi connectivity index (χ0) is 6.69. The van der Waals surface area contributed by atoms with E-state index in [-0.39, 0.29) is 12.2 Å². The molecule has 0 aromatic heterocycles. The van der Waals surface area contributed by atoms with E-state index in [0.29, 0.717) is 0 Å². The van der Waals surface area contributed by atoms with E-state index in [1.54, 1.807) is 0 Å². The summed E-state index contributed by atoms with van der Waals surface area (Å²) in [5, 5.41) is 9.20. The smallest absolute Gasteiger partial charge is 0.0833 e. The Morgan fingerprint density at radius 1 is 1.56 bits per heavy atom. The van der Waals surface area contributed by atoms with Crippen LogP contribution in [0.3, 0.4) is 0 Å². The van der Waals surface area contributed by atoms with Crippen molar-refractivity contribution in [2.75, 3.05) is 6.61 Å². The number of aliphatic hydroxyl groups is 1. The Balaban J connectivity index is 2.22. The molecule has 1 aliphatic rings. The Labute approximate surface area is 55.8 Å². The molecule has 2 nitrogen and oxygen atoms in total. The highest BCUT2D eigenvalue weighted by Crippen LogP contribution is 2.21. The third kappa shape index (κ3) is 1.66. The van der Waals surface area contributed by atoms with Crippen LogP contribution in [0.4, 0.5) is 0 Å². The molecule has 1 aliphatic carbocycles. The van der Waals surface area contributed by atoms with E-state index in [9.17, 15) is 5.11 Å². The summed E-state index contributed by atoms with van der Waals surface area (Å²) in [5.41, 5.74) is 0. The Morgan fingerprint density at radius 2 is 2.33 bits per heavy atom. The van der Waals surface area contributed by atoms with Crippen LogP contribution in [-0.2, 0) is 4.74 Å². The van der Waals surface area contributed by atoms with Gasteiger partial charge in [0.2, 0.25) is 0 Å². The third-order valence-electron chi connectivity index (χ3n) is 1.80. The van der Waals surface area contributed by atoms with Gasteiger partial charge in [-0.15, -0.1) is 0 Å². The van der Waals surface area contributed by atoms with Gasteiger partial charge in [0.05, 0.1) is 12.2 Å². The minimum atomic E-state index is -0.190. The highest BCUT2D eigenvalue weighted by molar-refractivity contribution is 4.76. The molecule has 0 spiro atoms. The number of rotatable bonds is 2. The van der Waals surface area contributed by atoms with Crippen molar-refractivity contribution >= 4 is 0 Å². The van der Waals surface area contributed by atoms with Crippen molar-refractivity contribution in [2.45, 2.75) is 38.4 Å². The van der Waals surface area contributed by atoms with Gasteiger partial charge in [-0.1, -0.05) is 0 Å². The number of ether oxygens (including phenoxy) is 1. The van der Waals surface area contributed by atoms with Gasteiger partial charge in [0.25, 0.3) is 0 Å². The molecule has 0 aliphatic heterocycles. The summed E-state index contributed by atoms with van der Waals surface area (Å²) in [7, 11) is 0. The lowest BCUT2D eigenvalue weighted by atomic mass is 10.3.